The molecule has 0 aromatic heterocycles. The Balaban J connectivity index is 3.69. The number of allylic oxidation sites excluding steroid dienone is 2. The zero-order valence-corrected chi connectivity index (χ0v) is 17.2. The monoisotopic (exact) mass is 371 g/mol. The summed E-state index contributed by atoms with van der Waals surface area (Å²) in [5.41, 5.74) is 0. The van der Waals surface area contributed by atoms with Crippen molar-refractivity contribution in [1.82, 2.24) is 0 Å². The molecule has 2 atom stereocenters. The minimum atomic E-state index is -1.13. The van der Waals surface area contributed by atoms with Crippen LogP contribution in [0.15, 0.2) is 12.2 Å². The minimum absolute atomic E-state index is 0.284. The number of quaternary nitrogens is 1. The van der Waals surface area contributed by atoms with Crippen molar-refractivity contribution in [1.29, 1.82) is 0 Å². The van der Waals surface area contributed by atoms with Gasteiger partial charge in [-0.1, -0.05) is 44.3 Å². The van der Waals surface area contributed by atoms with Crippen LogP contribution >= 0.6 is 0 Å². The van der Waals surface area contributed by atoms with Gasteiger partial charge in [0.15, 0.2) is 0 Å². The van der Waals surface area contributed by atoms with Crippen molar-refractivity contribution in [3.8, 4) is 0 Å². The summed E-state index contributed by atoms with van der Waals surface area (Å²) >= 11 is 0. The molecule has 0 radical (unpaired) electrons. The number of aliphatic hydroxyl groups is 2. The Morgan fingerprint density at radius 2 is 1.42 bits per heavy atom. The topological polar surface area (TPSA) is 80.6 Å². The summed E-state index contributed by atoms with van der Waals surface area (Å²) in [6.07, 6.45) is 14.7. The molecule has 2 unspecified atom stereocenters. The molecule has 0 rings (SSSR count). The highest BCUT2D eigenvalue weighted by molar-refractivity contribution is 5.68. The van der Waals surface area contributed by atoms with Crippen LogP contribution in [0.25, 0.3) is 0 Å². The zero-order chi connectivity index (χ0) is 19.8. The summed E-state index contributed by atoms with van der Waals surface area (Å²) in [7, 11) is 5.83. The predicted octanol–water partition coefficient (Wildman–Crippen LogP) is 2.26. The lowest BCUT2D eigenvalue weighted by atomic mass is 9.94. The maximum atomic E-state index is 11.3. The van der Waals surface area contributed by atoms with Crippen LogP contribution in [0.3, 0.4) is 0 Å². The van der Waals surface area contributed by atoms with Gasteiger partial charge in [0, 0.05) is 18.5 Å². The number of likely N-dealkylation sites (N-methyl/N-ethyl adjacent to an activating group) is 1. The van der Waals surface area contributed by atoms with E-state index >= 15 is 0 Å². The molecule has 0 aromatic carbocycles. The molecule has 0 aliphatic rings. The number of carboxylic acid groups (broad SMARTS) is 1. The normalized spacial score (nSPS) is 14.7. The summed E-state index contributed by atoms with van der Waals surface area (Å²) in [5.74, 6) is -1.89. The first-order chi connectivity index (χ1) is 12.3. The van der Waals surface area contributed by atoms with Gasteiger partial charge in [-0.2, -0.15) is 0 Å². The second kappa shape index (κ2) is 15.2. The second-order valence-electron chi connectivity index (χ2n) is 8.36. The summed E-state index contributed by atoms with van der Waals surface area (Å²) in [6, 6.07) is 0. The molecule has 0 saturated carbocycles. The first kappa shape index (κ1) is 25.1. The zero-order valence-electron chi connectivity index (χ0n) is 17.2. The van der Waals surface area contributed by atoms with Crippen LogP contribution in [0.5, 0.6) is 0 Å². The summed E-state index contributed by atoms with van der Waals surface area (Å²) in [5, 5.41) is 30.1. The van der Waals surface area contributed by atoms with Gasteiger partial charge in [-0.05, 0) is 38.5 Å². The lowest BCUT2D eigenvalue weighted by molar-refractivity contribution is -0.874. The van der Waals surface area contributed by atoms with E-state index in [0.29, 0.717) is 17.4 Å². The first-order valence-electron chi connectivity index (χ1n) is 10.2. The number of aliphatic carboxylic acids is 1. The summed E-state index contributed by atoms with van der Waals surface area (Å²) in [6.45, 7) is 0.707. The molecule has 5 nitrogen and oxygen atoms in total. The number of carboxylic acids is 1. The van der Waals surface area contributed by atoms with Gasteiger partial charge in [-0.3, -0.25) is 0 Å². The molecular formula is C21H41NO4. The molecule has 154 valence electrons. The highest BCUT2D eigenvalue weighted by Crippen LogP contribution is 2.17. The van der Waals surface area contributed by atoms with E-state index in [9.17, 15) is 15.0 Å². The molecule has 0 aromatic rings. The second-order valence-corrected chi connectivity index (χ2v) is 8.36. The van der Waals surface area contributed by atoms with Crippen LogP contribution in [-0.2, 0) is 4.79 Å². The maximum Gasteiger partial charge on any atom is 0.111 e. The molecule has 5 heteroatoms. The van der Waals surface area contributed by atoms with Gasteiger partial charge < -0.3 is 24.6 Å². The van der Waals surface area contributed by atoms with Crippen molar-refractivity contribution in [3.05, 3.63) is 12.2 Å². The van der Waals surface area contributed by atoms with E-state index in [2.05, 4.69) is 12.2 Å². The van der Waals surface area contributed by atoms with Crippen LogP contribution in [0.1, 0.15) is 70.6 Å². The molecule has 0 fully saturated rings. The maximum absolute atomic E-state index is 11.3. The van der Waals surface area contributed by atoms with Gasteiger partial charge in [0.05, 0.1) is 21.1 Å². The lowest BCUT2D eigenvalue weighted by Gasteiger charge is -2.31. The average Bonchev–Trinajstić information content (AvgIpc) is 2.53. The van der Waals surface area contributed by atoms with E-state index in [-0.39, 0.29) is 6.61 Å². The average molecular weight is 372 g/mol. The number of nitrogens with zero attached hydrogens (tertiary/aromatic N) is 1. The standard InChI is InChI=1S/C21H41NO4/c1-22(2,3)18-20(24)19(21(25)26)16-14-12-10-8-6-4-5-7-9-11-13-15-17-23/h7,9,19-20,23-24H,4-6,8,10-18H2,1-3H3/b9-7-. The number of hydrogen-bond donors (Lipinski definition) is 2. The van der Waals surface area contributed by atoms with Crippen LogP contribution in [0, 0.1) is 5.92 Å². The summed E-state index contributed by atoms with van der Waals surface area (Å²) in [4.78, 5) is 11.3. The van der Waals surface area contributed by atoms with E-state index in [1.54, 1.807) is 0 Å². The number of rotatable bonds is 17. The van der Waals surface area contributed by atoms with Gasteiger partial charge in [0.2, 0.25) is 0 Å². The molecule has 0 aliphatic carbocycles. The fraction of sp³-hybridized carbons (Fsp3) is 0.857. The fourth-order valence-corrected chi connectivity index (χ4v) is 3.10. The van der Waals surface area contributed by atoms with Gasteiger partial charge in [0.1, 0.15) is 12.6 Å². The third-order valence-corrected chi connectivity index (χ3v) is 4.58. The van der Waals surface area contributed by atoms with Gasteiger partial charge in [0.25, 0.3) is 0 Å². The Bertz CT molecular complexity index is 377. The van der Waals surface area contributed by atoms with Gasteiger partial charge >= 0.3 is 0 Å². The number of aliphatic hydroxyl groups excluding tert-OH is 2. The third-order valence-electron chi connectivity index (χ3n) is 4.58. The highest BCUT2D eigenvalue weighted by atomic mass is 16.4. The van der Waals surface area contributed by atoms with Crippen LogP contribution in [0.2, 0.25) is 0 Å². The van der Waals surface area contributed by atoms with Crippen molar-refractivity contribution in [3.63, 3.8) is 0 Å². The van der Waals surface area contributed by atoms with Crippen molar-refractivity contribution in [2.75, 3.05) is 34.3 Å². The molecular weight excluding hydrogens is 330 g/mol. The van der Waals surface area contributed by atoms with E-state index in [0.717, 1.165) is 44.9 Å². The van der Waals surface area contributed by atoms with Crippen LogP contribution < -0.4 is 5.11 Å². The molecule has 26 heavy (non-hydrogen) atoms. The fourth-order valence-electron chi connectivity index (χ4n) is 3.10. The van der Waals surface area contributed by atoms with Gasteiger partial charge in [-0.15, -0.1) is 0 Å². The number of carbonyl (C=O) groups excluding carboxylic acids is 1. The van der Waals surface area contributed by atoms with Crippen molar-refractivity contribution >= 4 is 5.97 Å². The van der Waals surface area contributed by atoms with E-state index in [4.69, 9.17) is 5.11 Å². The highest BCUT2D eigenvalue weighted by Gasteiger charge is 2.25. The van der Waals surface area contributed by atoms with E-state index in [1.807, 2.05) is 21.1 Å². The van der Waals surface area contributed by atoms with E-state index < -0.39 is 18.0 Å². The third kappa shape index (κ3) is 15.4. The largest absolute Gasteiger partial charge is 0.550 e. The number of unbranched alkanes of at least 4 members (excludes halogenated alkanes) is 8. The Morgan fingerprint density at radius 1 is 0.923 bits per heavy atom. The molecule has 2 N–H and O–H groups in total. The number of hydrogen-bond acceptors (Lipinski definition) is 4. The SMILES string of the molecule is C[N+](C)(C)CC(O)C(CCCCCCCC/C=C\CCCCO)C(=O)[O-]. The molecule has 0 saturated heterocycles. The van der Waals surface area contributed by atoms with Crippen molar-refractivity contribution in [2.24, 2.45) is 5.92 Å². The predicted molar refractivity (Wildman–Crippen MR) is 104 cm³/mol. The Kier molecular flexibility index (Phi) is 14.6. The molecule has 0 bridgehead atoms. The van der Waals surface area contributed by atoms with Crippen molar-refractivity contribution < 1.29 is 24.6 Å². The van der Waals surface area contributed by atoms with E-state index in [1.165, 1.54) is 19.3 Å². The summed E-state index contributed by atoms with van der Waals surface area (Å²) < 4.78 is 0.542. The smallest absolute Gasteiger partial charge is 0.111 e. The van der Waals surface area contributed by atoms with Gasteiger partial charge in [-0.25, -0.2) is 0 Å². The molecule has 0 amide bonds. The molecule has 0 aliphatic heterocycles. The Morgan fingerprint density at radius 3 is 1.92 bits per heavy atom. The molecule has 0 heterocycles. The Hall–Kier alpha value is -0.910. The van der Waals surface area contributed by atoms with Crippen LogP contribution in [-0.4, -0.2) is 61.1 Å². The number of carbonyl (C=O) groups is 1. The Labute approximate surface area is 160 Å². The first-order valence-corrected chi connectivity index (χ1v) is 10.2. The van der Waals surface area contributed by atoms with Crippen LogP contribution in [0.4, 0.5) is 0 Å². The minimum Gasteiger partial charge on any atom is -0.550 e. The quantitative estimate of drug-likeness (QED) is 0.233. The molecule has 0 spiro atoms. The lowest BCUT2D eigenvalue weighted by Crippen LogP contribution is -2.48. The van der Waals surface area contributed by atoms with Crippen molar-refractivity contribution in [2.45, 2.75) is 76.7 Å².